The summed E-state index contributed by atoms with van der Waals surface area (Å²) in [5, 5.41) is 10.1. The van der Waals surface area contributed by atoms with Crippen LogP contribution in [0.3, 0.4) is 0 Å². The number of anilines is 1. The second-order valence-electron chi connectivity index (χ2n) is 7.63. The SMILES string of the molecule is Cc1nn(CC(=O)NCc2cccc(NC(=O)c3cccc(F)c3)c2)cc1-c1ccccc1. The molecule has 0 radical (unpaired) electrons. The molecule has 0 aliphatic heterocycles. The molecule has 0 aliphatic carbocycles. The monoisotopic (exact) mass is 442 g/mol. The molecule has 2 amide bonds. The van der Waals surface area contributed by atoms with Gasteiger partial charge >= 0.3 is 0 Å². The van der Waals surface area contributed by atoms with Gasteiger partial charge < -0.3 is 10.6 Å². The zero-order valence-corrected chi connectivity index (χ0v) is 18.1. The molecule has 4 aromatic rings. The average molecular weight is 442 g/mol. The summed E-state index contributed by atoms with van der Waals surface area (Å²) in [6.07, 6.45) is 1.87. The predicted octanol–water partition coefficient (Wildman–Crippen LogP) is 4.57. The minimum absolute atomic E-state index is 0.101. The van der Waals surface area contributed by atoms with Crippen molar-refractivity contribution < 1.29 is 14.0 Å². The van der Waals surface area contributed by atoms with Gasteiger partial charge in [0.15, 0.2) is 0 Å². The maximum Gasteiger partial charge on any atom is 0.255 e. The largest absolute Gasteiger partial charge is 0.350 e. The van der Waals surface area contributed by atoms with Crippen molar-refractivity contribution >= 4 is 17.5 Å². The molecule has 0 fully saturated rings. The minimum atomic E-state index is -0.470. The van der Waals surface area contributed by atoms with Gasteiger partial charge in [-0.05, 0) is 48.4 Å². The summed E-state index contributed by atoms with van der Waals surface area (Å²) in [5.41, 5.74) is 4.52. The van der Waals surface area contributed by atoms with Crippen molar-refractivity contribution in [2.24, 2.45) is 0 Å². The number of carbonyl (C=O) groups is 2. The highest BCUT2D eigenvalue weighted by Crippen LogP contribution is 2.21. The molecule has 0 aliphatic rings. The number of carbonyl (C=O) groups excluding carboxylic acids is 2. The first-order valence-corrected chi connectivity index (χ1v) is 10.5. The van der Waals surface area contributed by atoms with Gasteiger partial charge in [-0.3, -0.25) is 14.3 Å². The van der Waals surface area contributed by atoms with E-state index in [0.29, 0.717) is 12.2 Å². The number of amides is 2. The zero-order chi connectivity index (χ0) is 23.2. The van der Waals surface area contributed by atoms with Crippen LogP contribution < -0.4 is 10.6 Å². The van der Waals surface area contributed by atoms with Gasteiger partial charge in [0.2, 0.25) is 5.91 Å². The predicted molar refractivity (Wildman–Crippen MR) is 125 cm³/mol. The topological polar surface area (TPSA) is 76.0 Å². The summed E-state index contributed by atoms with van der Waals surface area (Å²) < 4.78 is 15.0. The number of rotatable bonds is 7. The number of aromatic nitrogens is 2. The number of nitrogens with zero attached hydrogens (tertiary/aromatic N) is 2. The van der Waals surface area contributed by atoms with E-state index >= 15 is 0 Å². The highest BCUT2D eigenvalue weighted by Gasteiger charge is 2.11. The van der Waals surface area contributed by atoms with E-state index in [0.717, 1.165) is 22.4 Å². The quantitative estimate of drug-likeness (QED) is 0.440. The third-order valence-corrected chi connectivity index (χ3v) is 5.10. The smallest absolute Gasteiger partial charge is 0.255 e. The van der Waals surface area contributed by atoms with Crippen molar-refractivity contribution in [3.8, 4) is 11.1 Å². The van der Waals surface area contributed by atoms with E-state index in [-0.39, 0.29) is 18.0 Å². The molecule has 0 bridgehead atoms. The normalized spacial score (nSPS) is 10.6. The van der Waals surface area contributed by atoms with Crippen LogP contribution in [0.2, 0.25) is 0 Å². The molecule has 0 saturated carbocycles. The van der Waals surface area contributed by atoms with Crippen LogP contribution in [0.1, 0.15) is 21.6 Å². The van der Waals surface area contributed by atoms with Crippen LogP contribution in [-0.2, 0) is 17.9 Å². The van der Waals surface area contributed by atoms with Gasteiger partial charge in [-0.2, -0.15) is 5.10 Å². The van der Waals surface area contributed by atoms with Gasteiger partial charge in [0.25, 0.3) is 5.91 Å². The molecular formula is C26H23FN4O2. The Morgan fingerprint density at radius 3 is 2.55 bits per heavy atom. The number of halogens is 1. The van der Waals surface area contributed by atoms with Crippen LogP contribution in [-0.4, -0.2) is 21.6 Å². The van der Waals surface area contributed by atoms with Crippen molar-refractivity contribution in [2.45, 2.75) is 20.0 Å². The fraction of sp³-hybridized carbons (Fsp3) is 0.115. The maximum absolute atomic E-state index is 13.3. The number of hydrogen-bond acceptors (Lipinski definition) is 3. The Kier molecular flexibility index (Phi) is 6.59. The third kappa shape index (κ3) is 5.71. The minimum Gasteiger partial charge on any atom is -0.350 e. The van der Waals surface area contributed by atoms with Gasteiger partial charge in [-0.25, -0.2) is 4.39 Å². The van der Waals surface area contributed by atoms with E-state index in [2.05, 4.69) is 15.7 Å². The molecule has 4 rings (SSSR count). The van der Waals surface area contributed by atoms with Crippen molar-refractivity contribution in [1.29, 1.82) is 0 Å². The first kappa shape index (κ1) is 22.0. The van der Waals surface area contributed by atoms with Crippen LogP contribution >= 0.6 is 0 Å². The van der Waals surface area contributed by atoms with Crippen LogP contribution in [0.25, 0.3) is 11.1 Å². The number of aryl methyl sites for hydroxylation is 1. The van der Waals surface area contributed by atoms with E-state index in [1.807, 2.05) is 49.5 Å². The highest BCUT2D eigenvalue weighted by molar-refractivity contribution is 6.04. The Labute approximate surface area is 191 Å². The third-order valence-electron chi connectivity index (χ3n) is 5.10. The van der Waals surface area contributed by atoms with Crippen molar-refractivity contribution in [2.75, 3.05) is 5.32 Å². The fourth-order valence-electron chi connectivity index (χ4n) is 3.50. The van der Waals surface area contributed by atoms with Gasteiger partial charge in [-0.1, -0.05) is 48.5 Å². The lowest BCUT2D eigenvalue weighted by atomic mass is 10.1. The lowest BCUT2D eigenvalue weighted by Crippen LogP contribution is -2.27. The van der Waals surface area contributed by atoms with Gasteiger partial charge in [0.05, 0.1) is 5.69 Å². The maximum atomic E-state index is 13.3. The molecule has 0 atom stereocenters. The number of hydrogen-bond donors (Lipinski definition) is 2. The van der Waals surface area contributed by atoms with Crippen molar-refractivity contribution in [3.63, 3.8) is 0 Å². The summed E-state index contributed by atoms with van der Waals surface area (Å²) in [4.78, 5) is 24.8. The van der Waals surface area contributed by atoms with Crippen molar-refractivity contribution in [3.05, 3.63) is 108 Å². The summed E-state index contributed by atoms with van der Waals surface area (Å²) in [7, 11) is 0. The summed E-state index contributed by atoms with van der Waals surface area (Å²) in [6.45, 7) is 2.32. The van der Waals surface area contributed by atoms with E-state index in [4.69, 9.17) is 0 Å². The lowest BCUT2D eigenvalue weighted by Gasteiger charge is -2.09. The lowest BCUT2D eigenvalue weighted by molar-refractivity contribution is -0.122. The second kappa shape index (κ2) is 9.91. The van der Waals surface area contributed by atoms with E-state index in [1.165, 1.54) is 18.2 Å². The Morgan fingerprint density at radius 2 is 1.76 bits per heavy atom. The van der Waals surface area contributed by atoms with Crippen LogP contribution in [0, 0.1) is 12.7 Å². The van der Waals surface area contributed by atoms with Gasteiger partial charge in [0, 0.05) is 29.6 Å². The molecule has 1 aromatic heterocycles. The molecule has 0 unspecified atom stereocenters. The van der Waals surface area contributed by atoms with Crippen molar-refractivity contribution in [1.82, 2.24) is 15.1 Å². The molecular weight excluding hydrogens is 419 g/mol. The molecule has 33 heavy (non-hydrogen) atoms. The summed E-state index contributed by atoms with van der Waals surface area (Å²) in [6, 6.07) is 22.5. The zero-order valence-electron chi connectivity index (χ0n) is 18.1. The summed E-state index contributed by atoms with van der Waals surface area (Å²) in [5.74, 6) is -1.05. The van der Waals surface area contributed by atoms with Crippen LogP contribution in [0.5, 0.6) is 0 Å². The Bertz CT molecular complexity index is 1280. The molecule has 166 valence electrons. The number of nitrogens with one attached hydrogen (secondary N) is 2. The Morgan fingerprint density at radius 1 is 0.970 bits per heavy atom. The first-order valence-electron chi connectivity index (χ1n) is 10.5. The first-order chi connectivity index (χ1) is 16.0. The highest BCUT2D eigenvalue weighted by atomic mass is 19.1. The molecule has 6 nitrogen and oxygen atoms in total. The van der Waals surface area contributed by atoms with Gasteiger partial charge in [0.1, 0.15) is 12.4 Å². The van der Waals surface area contributed by atoms with E-state index in [9.17, 15) is 14.0 Å². The Hall–Kier alpha value is -4.26. The van der Waals surface area contributed by atoms with Crippen LogP contribution in [0.4, 0.5) is 10.1 Å². The molecule has 1 heterocycles. The molecule has 7 heteroatoms. The average Bonchev–Trinajstić information content (AvgIpc) is 3.18. The van der Waals surface area contributed by atoms with E-state index < -0.39 is 11.7 Å². The molecule has 0 spiro atoms. The summed E-state index contributed by atoms with van der Waals surface area (Å²) >= 11 is 0. The van der Waals surface area contributed by atoms with Crippen LogP contribution in [0.15, 0.2) is 85.1 Å². The molecule has 0 saturated heterocycles. The molecule has 3 aromatic carbocycles. The number of benzene rings is 3. The fourth-order valence-corrected chi connectivity index (χ4v) is 3.50. The van der Waals surface area contributed by atoms with E-state index in [1.54, 1.807) is 28.9 Å². The second-order valence-corrected chi connectivity index (χ2v) is 7.63. The standard InChI is InChI=1S/C26H23FN4O2/c1-18-24(20-8-3-2-4-9-20)16-31(30-18)17-25(32)28-15-19-7-5-12-23(13-19)29-26(33)21-10-6-11-22(27)14-21/h2-14,16H,15,17H2,1H3,(H,28,32)(H,29,33). The van der Waals surface area contributed by atoms with Gasteiger partial charge in [-0.15, -0.1) is 0 Å². The molecule has 2 N–H and O–H groups in total. The Balaban J connectivity index is 1.34.